The van der Waals surface area contributed by atoms with Gasteiger partial charge in [0.15, 0.2) is 11.6 Å². The molecular formula is C37H42F2N8O3. The number of benzene rings is 1. The van der Waals surface area contributed by atoms with Crippen LogP contribution in [0.2, 0.25) is 0 Å². The summed E-state index contributed by atoms with van der Waals surface area (Å²) >= 11 is 0. The monoisotopic (exact) mass is 684 g/mol. The molecule has 4 atom stereocenters. The zero-order valence-corrected chi connectivity index (χ0v) is 28.5. The van der Waals surface area contributed by atoms with Crippen molar-refractivity contribution in [3.63, 3.8) is 0 Å². The number of likely N-dealkylation sites (N-methyl/N-ethyl adjacent to an activating group) is 1. The van der Waals surface area contributed by atoms with E-state index in [2.05, 4.69) is 27.4 Å². The van der Waals surface area contributed by atoms with Gasteiger partial charge >= 0.3 is 6.01 Å². The van der Waals surface area contributed by atoms with Crippen LogP contribution in [0.5, 0.6) is 11.8 Å². The van der Waals surface area contributed by atoms with Crippen molar-refractivity contribution < 1.29 is 23.0 Å². The van der Waals surface area contributed by atoms with Crippen LogP contribution in [0.4, 0.5) is 26.2 Å². The lowest BCUT2D eigenvalue weighted by atomic mass is 9.94. The summed E-state index contributed by atoms with van der Waals surface area (Å²) in [5.41, 5.74) is 1.91. The Morgan fingerprint density at radius 1 is 1.26 bits per heavy atom. The normalized spacial score (nSPS) is 24.2. The van der Waals surface area contributed by atoms with E-state index in [-0.39, 0.29) is 49.1 Å². The first-order valence-electron chi connectivity index (χ1n) is 17.2. The van der Waals surface area contributed by atoms with E-state index in [1.54, 1.807) is 18.5 Å². The molecule has 4 aliphatic rings. The molecule has 2 aromatic heterocycles. The molecule has 0 saturated carbocycles. The first-order chi connectivity index (χ1) is 24.2. The predicted octanol–water partition coefficient (Wildman–Crippen LogP) is 4.14. The number of hydrogen-bond donors (Lipinski definition) is 0. The number of alkyl halides is 1. The molecule has 6 heterocycles. The number of fused-ring (bicyclic) bond motifs is 2. The van der Waals surface area contributed by atoms with Crippen LogP contribution >= 0.6 is 0 Å². The Morgan fingerprint density at radius 2 is 2.08 bits per heavy atom. The van der Waals surface area contributed by atoms with Crippen LogP contribution in [-0.4, -0.2) is 101 Å². The molecule has 4 aliphatic heterocycles. The van der Waals surface area contributed by atoms with E-state index in [1.165, 1.54) is 12.1 Å². The molecule has 0 radical (unpaired) electrons. The first kappa shape index (κ1) is 33.5. The summed E-state index contributed by atoms with van der Waals surface area (Å²) in [5, 5.41) is 0. The van der Waals surface area contributed by atoms with Gasteiger partial charge < -0.3 is 29.1 Å². The Labute approximate surface area is 291 Å². The van der Waals surface area contributed by atoms with E-state index in [9.17, 15) is 13.6 Å². The Balaban J connectivity index is 1.20. The number of aryl methyl sites for hydroxylation is 1. The minimum atomic E-state index is -1.08. The molecule has 0 unspecified atom stereocenters. The van der Waals surface area contributed by atoms with Crippen LogP contribution in [0, 0.1) is 18.2 Å². The second kappa shape index (κ2) is 13.7. The number of amides is 1. The number of carbonyl (C=O) groups is 1. The van der Waals surface area contributed by atoms with Gasteiger partial charge in [-0.3, -0.25) is 4.79 Å². The molecule has 0 bridgehead atoms. The molecule has 0 aliphatic carbocycles. The molecule has 1 aromatic carbocycles. The van der Waals surface area contributed by atoms with Gasteiger partial charge in [0.25, 0.3) is 0 Å². The molecule has 2 fully saturated rings. The van der Waals surface area contributed by atoms with Crippen molar-refractivity contribution in [2.75, 3.05) is 61.1 Å². The smallest absolute Gasteiger partial charge is 0.318 e. The number of hydrogen-bond acceptors (Lipinski definition) is 10. The van der Waals surface area contributed by atoms with E-state index in [0.29, 0.717) is 55.9 Å². The van der Waals surface area contributed by atoms with E-state index in [1.807, 2.05) is 34.7 Å². The van der Waals surface area contributed by atoms with Crippen molar-refractivity contribution >= 4 is 23.4 Å². The van der Waals surface area contributed by atoms with E-state index >= 15 is 0 Å². The average molecular weight is 685 g/mol. The van der Waals surface area contributed by atoms with Crippen LogP contribution in [-0.2, 0) is 17.6 Å². The third-order valence-electron chi connectivity index (χ3n) is 10.4. The number of anilines is 3. The summed E-state index contributed by atoms with van der Waals surface area (Å²) in [6, 6.07) is 4.91. The van der Waals surface area contributed by atoms with Crippen molar-refractivity contribution in [1.82, 2.24) is 24.8 Å². The summed E-state index contributed by atoms with van der Waals surface area (Å²) in [6.45, 7) is 8.05. The highest BCUT2D eigenvalue weighted by Crippen LogP contribution is 2.40. The summed E-state index contributed by atoms with van der Waals surface area (Å²) in [4.78, 5) is 38.9. The summed E-state index contributed by atoms with van der Waals surface area (Å²) in [6.07, 6.45) is 13.5. The minimum absolute atomic E-state index is 0.0305. The zero-order valence-electron chi connectivity index (χ0n) is 28.5. The molecule has 3 aromatic rings. The van der Waals surface area contributed by atoms with Gasteiger partial charge in [-0.25, -0.2) is 18.7 Å². The van der Waals surface area contributed by atoms with Gasteiger partial charge in [-0.15, -0.1) is 6.42 Å². The van der Waals surface area contributed by atoms with E-state index in [0.717, 1.165) is 36.9 Å². The molecule has 50 heavy (non-hydrogen) atoms. The van der Waals surface area contributed by atoms with Crippen LogP contribution < -0.4 is 24.2 Å². The number of likely N-dealkylation sites (tertiary alicyclic amines) is 1. The highest BCUT2D eigenvalue weighted by molar-refractivity contribution is 5.87. The summed E-state index contributed by atoms with van der Waals surface area (Å²) in [7, 11) is 1.92. The Hall–Kier alpha value is -4.99. The van der Waals surface area contributed by atoms with Crippen molar-refractivity contribution in [1.29, 1.82) is 0 Å². The quantitative estimate of drug-likeness (QED) is 0.242. The maximum Gasteiger partial charge on any atom is 0.318 e. The second-order valence-corrected chi connectivity index (χ2v) is 13.8. The SMILES string of the molecule is C#Cc1c(F)ccc2c1N([C@@H]1COc3c(nc(OC[C@]4(C)C[C@@H](F)CN4c4ncccn4)nc3N(C)C[C@@H]3CCCN3C(=O)C=C)C1)CCC2. The van der Waals surface area contributed by atoms with Crippen LogP contribution in [0.3, 0.4) is 0 Å². The van der Waals surface area contributed by atoms with Gasteiger partial charge in [-0.1, -0.05) is 18.6 Å². The molecule has 0 spiro atoms. The average Bonchev–Trinajstić information content (AvgIpc) is 3.72. The summed E-state index contributed by atoms with van der Waals surface area (Å²) < 4.78 is 42.7. The van der Waals surface area contributed by atoms with Crippen molar-refractivity contribution in [3.8, 4) is 24.1 Å². The van der Waals surface area contributed by atoms with E-state index in [4.69, 9.17) is 25.9 Å². The number of rotatable bonds is 9. The molecule has 1 amide bonds. The fraction of sp³-hybridized carbons (Fsp3) is 0.486. The third-order valence-corrected chi connectivity index (χ3v) is 10.4. The molecule has 7 rings (SSSR count). The van der Waals surface area contributed by atoms with Crippen LogP contribution in [0.15, 0.2) is 43.2 Å². The lowest BCUT2D eigenvalue weighted by Crippen LogP contribution is -2.47. The fourth-order valence-corrected chi connectivity index (χ4v) is 7.94. The highest BCUT2D eigenvalue weighted by atomic mass is 19.1. The number of aromatic nitrogens is 4. The third kappa shape index (κ3) is 6.27. The number of halogens is 2. The lowest BCUT2D eigenvalue weighted by molar-refractivity contribution is -0.126. The van der Waals surface area contributed by atoms with Crippen molar-refractivity contribution in [3.05, 3.63) is 65.9 Å². The number of carbonyl (C=O) groups excluding carboxylic acids is 1. The molecule has 0 N–H and O–H groups in total. The first-order valence-corrected chi connectivity index (χ1v) is 17.2. The topological polar surface area (TPSA) is 100 Å². The standard InChI is InChI=1S/C37H42F2N8O3/c1-5-28-29(39)13-12-24-10-7-17-46(32(24)28)27-18-30-33(49-22-27)34(44(4)21-26-11-8-16-45(26)31(48)6-2)43-36(42-30)50-23-37(3)19-25(38)20-47(37)35-40-14-9-15-41-35/h1,6,9,12-15,25-27H,2,7-8,10-11,16-23H2,3-4H3/t25-,26+,27+,37+/m1/s1. The van der Waals surface area contributed by atoms with Gasteiger partial charge in [0.1, 0.15) is 25.2 Å². The van der Waals surface area contributed by atoms with Crippen LogP contribution in [0.25, 0.3) is 0 Å². The van der Waals surface area contributed by atoms with E-state index < -0.39 is 17.5 Å². The number of nitrogens with zero attached hydrogens (tertiary/aromatic N) is 8. The van der Waals surface area contributed by atoms with Crippen LogP contribution in [0.1, 0.15) is 49.4 Å². The zero-order chi connectivity index (χ0) is 35.0. The van der Waals surface area contributed by atoms with Gasteiger partial charge in [0.05, 0.1) is 35.1 Å². The largest absolute Gasteiger partial charge is 0.486 e. The van der Waals surface area contributed by atoms with Gasteiger partial charge in [-0.05, 0) is 56.4 Å². The Kier molecular flexibility index (Phi) is 9.20. The second-order valence-electron chi connectivity index (χ2n) is 13.8. The lowest BCUT2D eigenvalue weighted by Gasteiger charge is -2.41. The molecule has 2 saturated heterocycles. The molecular weight excluding hydrogens is 642 g/mol. The van der Waals surface area contributed by atoms with Gasteiger partial charge in [0.2, 0.25) is 11.9 Å². The highest BCUT2D eigenvalue weighted by Gasteiger charge is 2.45. The predicted molar refractivity (Wildman–Crippen MR) is 186 cm³/mol. The maximum absolute atomic E-state index is 14.9. The van der Waals surface area contributed by atoms with Crippen molar-refractivity contribution in [2.24, 2.45) is 0 Å². The molecule has 262 valence electrons. The Morgan fingerprint density at radius 3 is 2.86 bits per heavy atom. The minimum Gasteiger partial charge on any atom is -0.486 e. The molecule has 13 heteroatoms. The Bertz CT molecular complexity index is 1810. The number of ether oxygens (including phenoxy) is 2. The summed E-state index contributed by atoms with van der Waals surface area (Å²) in [5.74, 6) is 3.58. The molecule has 11 nitrogen and oxygen atoms in total. The van der Waals surface area contributed by atoms with Crippen molar-refractivity contribution in [2.45, 2.75) is 69.2 Å². The maximum atomic E-state index is 14.9. The fourth-order valence-electron chi connectivity index (χ4n) is 7.94. The van der Waals surface area contributed by atoms with Gasteiger partial charge in [-0.2, -0.15) is 9.97 Å². The number of terminal acetylenes is 1. The van der Waals surface area contributed by atoms with Gasteiger partial charge in [0, 0.05) is 58.0 Å².